The number of hydrogen-bond acceptors (Lipinski definition) is 3. The highest BCUT2D eigenvalue weighted by Crippen LogP contribution is 2.24. The SMILES string of the molecule is CCCN(CC(=O)N(C)C)C(=O)c1cc(N)c(F)cc1Br. The Hall–Kier alpha value is -1.63. The summed E-state index contributed by atoms with van der Waals surface area (Å²) in [4.78, 5) is 27.2. The molecule has 1 rings (SSSR count). The monoisotopic (exact) mass is 359 g/mol. The molecule has 0 spiro atoms. The molecule has 0 radical (unpaired) electrons. The first kappa shape index (κ1) is 17.4. The van der Waals surface area contributed by atoms with Gasteiger partial charge in [-0.25, -0.2) is 4.39 Å². The maximum absolute atomic E-state index is 13.3. The first-order chi connectivity index (χ1) is 9.77. The van der Waals surface area contributed by atoms with Crippen molar-refractivity contribution in [3.8, 4) is 0 Å². The third-order valence-corrected chi connectivity index (χ3v) is 3.58. The van der Waals surface area contributed by atoms with Gasteiger partial charge in [0.1, 0.15) is 12.4 Å². The summed E-state index contributed by atoms with van der Waals surface area (Å²) in [6.07, 6.45) is 0.709. The fourth-order valence-corrected chi connectivity index (χ4v) is 2.21. The molecule has 0 saturated carbocycles. The van der Waals surface area contributed by atoms with Crippen LogP contribution >= 0.6 is 15.9 Å². The highest BCUT2D eigenvalue weighted by Gasteiger charge is 2.22. The fourth-order valence-electron chi connectivity index (χ4n) is 1.73. The number of carbonyl (C=O) groups excluding carboxylic acids is 2. The van der Waals surface area contributed by atoms with Crippen molar-refractivity contribution in [1.82, 2.24) is 9.80 Å². The molecule has 1 aromatic rings. The number of rotatable bonds is 5. The predicted octanol–water partition coefficient (Wildman–Crippen LogP) is 2.11. The minimum atomic E-state index is -0.593. The second-order valence-electron chi connectivity index (χ2n) is 4.87. The number of nitrogen functional groups attached to an aromatic ring is 1. The molecule has 0 saturated heterocycles. The Morgan fingerprint density at radius 3 is 2.48 bits per heavy atom. The van der Waals surface area contributed by atoms with Crippen LogP contribution in [0.15, 0.2) is 16.6 Å². The zero-order valence-electron chi connectivity index (χ0n) is 12.3. The predicted molar refractivity (Wildman–Crippen MR) is 83.4 cm³/mol. The van der Waals surface area contributed by atoms with Gasteiger partial charge in [0.25, 0.3) is 5.91 Å². The third kappa shape index (κ3) is 4.42. The molecule has 0 heterocycles. The van der Waals surface area contributed by atoms with Crippen LogP contribution in [0.4, 0.5) is 10.1 Å². The first-order valence-electron chi connectivity index (χ1n) is 6.51. The number of hydrogen-bond donors (Lipinski definition) is 1. The quantitative estimate of drug-likeness (QED) is 0.818. The molecule has 0 bridgehead atoms. The summed E-state index contributed by atoms with van der Waals surface area (Å²) in [6.45, 7) is 2.32. The molecule has 0 aliphatic heterocycles. The molecular formula is C14H19BrFN3O2. The van der Waals surface area contributed by atoms with Crippen molar-refractivity contribution in [1.29, 1.82) is 0 Å². The number of anilines is 1. The molecule has 7 heteroatoms. The van der Waals surface area contributed by atoms with E-state index in [4.69, 9.17) is 5.73 Å². The Morgan fingerprint density at radius 2 is 1.95 bits per heavy atom. The highest BCUT2D eigenvalue weighted by atomic mass is 79.9. The Bertz CT molecular complexity index is 549. The molecule has 116 valence electrons. The van der Waals surface area contributed by atoms with E-state index in [2.05, 4.69) is 15.9 Å². The van der Waals surface area contributed by atoms with Crippen molar-refractivity contribution in [2.24, 2.45) is 0 Å². The van der Waals surface area contributed by atoms with Gasteiger partial charge in [0, 0.05) is 25.1 Å². The van der Waals surface area contributed by atoms with Crippen molar-refractivity contribution < 1.29 is 14.0 Å². The Balaban J connectivity index is 3.06. The van der Waals surface area contributed by atoms with Gasteiger partial charge in [0.15, 0.2) is 0 Å². The van der Waals surface area contributed by atoms with Crippen molar-refractivity contribution in [2.75, 3.05) is 32.9 Å². The summed E-state index contributed by atoms with van der Waals surface area (Å²) < 4.78 is 13.7. The van der Waals surface area contributed by atoms with Crippen molar-refractivity contribution in [3.05, 3.63) is 28.0 Å². The second kappa shape index (κ2) is 7.40. The molecular weight excluding hydrogens is 341 g/mol. The zero-order valence-corrected chi connectivity index (χ0v) is 13.9. The van der Waals surface area contributed by atoms with Crippen LogP contribution in [0, 0.1) is 5.82 Å². The minimum absolute atomic E-state index is 0.0244. The normalized spacial score (nSPS) is 10.3. The van der Waals surface area contributed by atoms with Gasteiger partial charge in [-0.1, -0.05) is 6.92 Å². The van der Waals surface area contributed by atoms with Gasteiger partial charge >= 0.3 is 0 Å². The molecule has 0 aromatic heterocycles. The molecule has 0 fully saturated rings. The molecule has 0 unspecified atom stereocenters. The molecule has 0 atom stereocenters. The van der Waals surface area contributed by atoms with Crippen LogP contribution in [-0.2, 0) is 4.79 Å². The lowest BCUT2D eigenvalue weighted by Gasteiger charge is -2.24. The first-order valence-corrected chi connectivity index (χ1v) is 7.31. The van der Waals surface area contributed by atoms with E-state index in [0.29, 0.717) is 17.4 Å². The molecule has 21 heavy (non-hydrogen) atoms. The number of halogens is 2. The minimum Gasteiger partial charge on any atom is -0.396 e. The second-order valence-corrected chi connectivity index (χ2v) is 5.72. The number of amides is 2. The largest absolute Gasteiger partial charge is 0.396 e. The van der Waals surface area contributed by atoms with Gasteiger partial charge < -0.3 is 15.5 Å². The molecule has 5 nitrogen and oxygen atoms in total. The van der Waals surface area contributed by atoms with Crippen LogP contribution < -0.4 is 5.73 Å². The molecule has 2 N–H and O–H groups in total. The topological polar surface area (TPSA) is 66.6 Å². The molecule has 0 aliphatic rings. The standard InChI is InChI=1S/C14H19BrFN3O2/c1-4-5-19(8-13(20)18(2)3)14(21)9-6-12(17)11(16)7-10(9)15/h6-7H,4-5,8,17H2,1-3H3. The summed E-state index contributed by atoms with van der Waals surface area (Å²) in [5, 5.41) is 0. The number of likely N-dealkylation sites (N-methyl/N-ethyl adjacent to an activating group) is 1. The number of nitrogens with zero attached hydrogens (tertiary/aromatic N) is 2. The fraction of sp³-hybridized carbons (Fsp3) is 0.429. The maximum atomic E-state index is 13.3. The Morgan fingerprint density at radius 1 is 1.33 bits per heavy atom. The van der Waals surface area contributed by atoms with Crippen LogP contribution in [0.25, 0.3) is 0 Å². The smallest absolute Gasteiger partial charge is 0.255 e. The van der Waals surface area contributed by atoms with E-state index in [1.165, 1.54) is 15.9 Å². The number of carbonyl (C=O) groups is 2. The van der Waals surface area contributed by atoms with Crippen LogP contribution in [0.2, 0.25) is 0 Å². The molecule has 2 amide bonds. The van der Waals surface area contributed by atoms with Crippen LogP contribution in [0.3, 0.4) is 0 Å². The Labute approximate surface area is 132 Å². The van der Waals surface area contributed by atoms with Gasteiger partial charge in [-0.05, 0) is 34.5 Å². The van der Waals surface area contributed by atoms with E-state index in [-0.39, 0.29) is 29.6 Å². The van der Waals surface area contributed by atoms with Gasteiger partial charge in [0.05, 0.1) is 11.3 Å². The van der Waals surface area contributed by atoms with Crippen LogP contribution in [0.1, 0.15) is 23.7 Å². The summed E-state index contributed by atoms with van der Waals surface area (Å²) in [5.41, 5.74) is 5.65. The van der Waals surface area contributed by atoms with Crippen molar-refractivity contribution in [2.45, 2.75) is 13.3 Å². The van der Waals surface area contributed by atoms with E-state index in [0.717, 1.165) is 6.07 Å². The van der Waals surface area contributed by atoms with E-state index < -0.39 is 5.82 Å². The molecule has 1 aromatic carbocycles. The lowest BCUT2D eigenvalue weighted by atomic mass is 10.1. The zero-order chi connectivity index (χ0) is 16.2. The Kier molecular flexibility index (Phi) is 6.14. The van der Waals surface area contributed by atoms with Gasteiger partial charge in [-0.2, -0.15) is 0 Å². The number of nitrogens with two attached hydrogens (primary N) is 1. The average Bonchev–Trinajstić information content (AvgIpc) is 2.41. The maximum Gasteiger partial charge on any atom is 0.255 e. The summed E-state index contributed by atoms with van der Waals surface area (Å²) in [6, 6.07) is 2.44. The van der Waals surface area contributed by atoms with Gasteiger partial charge in [0.2, 0.25) is 5.91 Å². The molecule has 0 aliphatic carbocycles. The summed E-state index contributed by atoms with van der Waals surface area (Å²) >= 11 is 3.16. The van der Waals surface area contributed by atoms with Crippen LogP contribution in [-0.4, -0.2) is 48.8 Å². The van der Waals surface area contributed by atoms with Gasteiger partial charge in [-0.15, -0.1) is 0 Å². The van der Waals surface area contributed by atoms with E-state index in [1.807, 2.05) is 6.92 Å². The van der Waals surface area contributed by atoms with E-state index in [9.17, 15) is 14.0 Å². The average molecular weight is 360 g/mol. The summed E-state index contributed by atoms with van der Waals surface area (Å²) in [7, 11) is 3.26. The van der Waals surface area contributed by atoms with E-state index in [1.54, 1.807) is 14.1 Å². The third-order valence-electron chi connectivity index (χ3n) is 2.92. The highest BCUT2D eigenvalue weighted by molar-refractivity contribution is 9.10. The lowest BCUT2D eigenvalue weighted by Crippen LogP contribution is -2.40. The van der Waals surface area contributed by atoms with Crippen LogP contribution in [0.5, 0.6) is 0 Å². The van der Waals surface area contributed by atoms with Gasteiger partial charge in [-0.3, -0.25) is 9.59 Å². The lowest BCUT2D eigenvalue weighted by molar-refractivity contribution is -0.129. The number of benzene rings is 1. The summed E-state index contributed by atoms with van der Waals surface area (Å²) in [5.74, 6) is -1.13. The van der Waals surface area contributed by atoms with Crippen molar-refractivity contribution in [3.63, 3.8) is 0 Å². The van der Waals surface area contributed by atoms with Crippen molar-refractivity contribution >= 4 is 33.4 Å². The van der Waals surface area contributed by atoms with E-state index >= 15 is 0 Å².